The minimum absolute atomic E-state index is 1.05. The molecule has 0 aliphatic rings. The van der Waals surface area contributed by atoms with Crippen LogP contribution in [0.4, 0.5) is 0 Å². The van der Waals surface area contributed by atoms with Crippen molar-refractivity contribution in [1.29, 1.82) is 0 Å². The van der Waals surface area contributed by atoms with Gasteiger partial charge in [-0.05, 0) is 49.0 Å². The number of rotatable bonds is 6. The van der Waals surface area contributed by atoms with Crippen molar-refractivity contribution in [2.24, 2.45) is 0 Å². The molecule has 1 aromatic rings. The van der Waals surface area contributed by atoms with Gasteiger partial charge in [0.25, 0.3) is 0 Å². The molecule has 1 rings (SSSR count). The number of unbranched alkanes of at least 4 members (excludes halogenated alkanes) is 2. The number of aryl methyl sites for hydroxylation is 1. The second-order valence-corrected chi connectivity index (χ2v) is 4.33. The van der Waals surface area contributed by atoms with Crippen LogP contribution in [0.15, 0.2) is 12.4 Å². The molecule has 0 saturated heterocycles. The first-order chi connectivity index (χ1) is 6.33. The summed E-state index contributed by atoms with van der Waals surface area (Å²) in [6, 6.07) is 0. The highest BCUT2D eigenvalue weighted by Gasteiger charge is 1.94. The highest BCUT2D eigenvalue weighted by atomic mass is 127. The van der Waals surface area contributed by atoms with E-state index in [1.54, 1.807) is 0 Å². The van der Waals surface area contributed by atoms with Gasteiger partial charge in [-0.15, -0.1) is 0 Å². The van der Waals surface area contributed by atoms with E-state index in [0.717, 1.165) is 13.1 Å². The zero-order valence-electron chi connectivity index (χ0n) is 7.96. The standard InChI is InChI=1S/C9H16IN3/c1-11-5-3-2-4-6-13-8-9(10)7-12-13/h7-8,11H,2-6H2,1H3. The van der Waals surface area contributed by atoms with E-state index in [1.807, 2.05) is 17.9 Å². The molecule has 13 heavy (non-hydrogen) atoms. The van der Waals surface area contributed by atoms with Gasteiger partial charge in [0.2, 0.25) is 0 Å². The molecule has 0 spiro atoms. The molecule has 3 nitrogen and oxygen atoms in total. The predicted molar refractivity (Wildman–Crippen MR) is 62.7 cm³/mol. The molecule has 0 atom stereocenters. The second kappa shape index (κ2) is 6.37. The van der Waals surface area contributed by atoms with E-state index in [9.17, 15) is 0 Å². The number of hydrogen-bond acceptors (Lipinski definition) is 2. The molecule has 0 unspecified atom stereocenters. The summed E-state index contributed by atoms with van der Waals surface area (Å²) in [5.41, 5.74) is 0. The van der Waals surface area contributed by atoms with Crippen LogP contribution in [0.2, 0.25) is 0 Å². The molecule has 0 saturated carbocycles. The number of hydrogen-bond donors (Lipinski definition) is 1. The molecule has 0 fully saturated rings. The van der Waals surface area contributed by atoms with Crippen molar-refractivity contribution in [1.82, 2.24) is 15.1 Å². The van der Waals surface area contributed by atoms with Gasteiger partial charge in [0, 0.05) is 12.7 Å². The fourth-order valence-corrected chi connectivity index (χ4v) is 1.66. The molecule has 0 radical (unpaired) electrons. The van der Waals surface area contributed by atoms with Crippen LogP contribution in [0.25, 0.3) is 0 Å². The van der Waals surface area contributed by atoms with E-state index in [4.69, 9.17) is 0 Å². The van der Waals surface area contributed by atoms with Crippen molar-refractivity contribution in [2.45, 2.75) is 25.8 Å². The van der Waals surface area contributed by atoms with Crippen molar-refractivity contribution in [3.05, 3.63) is 16.0 Å². The van der Waals surface area contributed by atoms with E-state index in [2.05, 4.69) is 39.2 Å². The molecule has 1 heterocycles. The summed E-state index contributed by atoms with van der Waals surface area (Å²) in [4.78, 5) is 0. The van der Waals surface area contributed by atoms with Gasteiger partial charge in [-0.2, -0.15) is 5.10 Å². The van der Waals surface area contributed by atoms with Crippen molar-refractivity contribution < 1.29 is 0 Å². The van der Waals surface area contributed by atoms with E-state index in [0.29, 0.717) is 0 Å². The van der Waals surface area contributed by atoms with Gasteiger partial charge in [-0.25, -0.2) is 0 Å². The molecule has 0 amide bonds. The zero-order valence-corrected chi connectivity index (χ0v) is 10.1. The van der Waals surface area contributed by atoms with Crippen LogP contribution < -0.4 is 5.32 Å². The van der Waals surface area contributed by atoms with Crippen LogP contribution in [0.3, 0.4) is 0 Å². The molecular formula is C9H16IN3. The van der Waals surface area contributed by atoms with Crippen LogP contribution in [-0.4, -0.2) is 23.4 Å². The van der Waals surface area contributed by atoms with Gasteiger partial charge in [0.1, 0.15) is 0 Å². The normalized spacial score (nSPS) is 10.6. The summed E-state index contributed by atoms with van der Waals surface area (Å²) in [6.07, 6.45) is 7.73. The Kier molecular flexibility index (Phi) is 5.38. The van der Waals surface area contributed by atoms with Gasteiger partial charge in [-0.3, -0.25) is 4.68 Å². The lowest BCUT2D eigenvalue weighted by Gasteiger charge is -2.01. The number of nitrogens with one attached hydrogen (secondary N) is 1. The number of nitrogens with zero attached hydrogens (tertiary/aromatic N) is 2. The maximum atomic E-state index is 4.23. The van der Waals surface area contributed by atoms with Gasteiger partial charge >= 0.3 is 0 Å². The van der Waals surface area contributed by atoms with Gasteiger partial charge < -0.3 is 5.32 Å². The summed E-state index contributed by atoms with van der Waals surface area (Å²) in [5, 5.41) is 7.37. The maximum Gasteiger partial charge on any atom is 0.0623 e. The predicted octanol–water partition coefficient (Wildman–Crippen LogP) is 1.88. The van der Waals surface area contributed by atoms with Gasteiger partial charge in [-0.1, -0.05) is 6.42 Å². The Balaban J connectivity index is 2.06. The smallest absolute Gasteiger partial charge is 0.0623 e. The first kappa shape index (κ1) is 11.0. The number of aromatic nitrogens is 2. The van der Waals surface area contributed by atoms with Gasteiger partial charge in [0.05, 0.1) is 9.77 Å². The molecule has 0 aliphatic carbocycles. The first-order valence-corrected chi connectivity index (χ1v) is 5.73. The highest BCUT2D eigenvalue weighted by molar-refractivity contribution is 14.1. The Morgan fingerprint density at radius 2 is 2.31 bits per heavy atom. The molecule has 74 valence electrons. The lowest BCUT2D eigenvalue weighted by molar-refractivity contribution is 0.537. The summed E-state index contributed by atoms with van der Waals surface area (Å²) in [6.45, 7) is 2.17. The van der Waals surface area contributed by atoms with Crippen molar-refractivity contribution in [3.8, 4) is 0 Å². The third kappa shape index (κ3) is 4.61. The van der Waals surface area contributed by atoms with Crippen LogP contribution in [-0.2, 0) is 6.54 Å². The first-order valence-electron chi connectivity index (χ1n) is 4.65. The summed E-state index contributed by atoms with van der Waals surface area (Å²) >= 11 is 2.28. The van der Waals surface area contributed by atoms with E-state index < -0.39 is 0 Å². The van der Waals surface area contributed by atoms with Crippen LogP contribution in [0, 0.1) is 3.57 Å². The van der Waals surface area contributed by atoms with E-state index in [1.165, 1.54) is 22.8 Å². The topological polar surface area (TPSA) is 29.9 Å². The quantitative estimate of drug-likeness (QED) is 0.641. The SMILES string of the molecule is CNCCCCCn1cc(I)cn1. The zero-order chi connectivity index (χ0) is 9.52. The lowest BCUT2D eigenvalue weighted by Crippen LogP contribution is -2.07. The second-order valence-electron chi connectivity index (χ2n) is 3.09. The van der Waals surface area contributed by atoms with Crippen LogP contribution >= 0.6 is 22.6 Å². The third-order valence-corrected chi connectivity index (χ3v) is 2.47. The highest BCUT2D eigenvalue weighted by Crippen LogP contribution is 2.03. The van der Waals surface area contributed by atoms with Crippen molar-refractivity contribution in [3.63, 3.8) is 0 Å². The average Bonchev–Trinajstić information content (AvgIpc) is 2.51. The minimum Gasteiger partial charge on any atom is -0.320 e. The Morgan fingerprint density at radius 1 is 1.46 bits per heavy atom. The fraction of sp³-hybridized carbons (Fsp3) is 0.667. The molecular weight excluding hydrogens is 277 g/mol. The van der Waals surface area contributed by atoms with Crippen LogP contribution in [0.5, 0.6) is 0 Å². The molecule has 0 aliphatic heterocycles. The Hall–Kier alpha value is -0.100. The average molecular weight is 293 g/mol. The van der Waals surface area contributed by atoms with E-state index in [-0.39, 0.29) is 0 Å². The molecule has 0 aromatic carbocycles. The fourth-order valence-electron chi connectivity index (χ4n) is 1.21. The minimum atomic E-state index is 1.05. The lowest BCUT2D eigenvalue weighted by atomic mass is 10.2. The van der Waals surface area contributed by atoms with Crippen molar-refractivity contribution in [2.75, 3.05) is 13.6 Å². The third-order valence-electron chi connectivity index (χ3n) is 1.92. The molecule has 1 aromatic heterocycles. The van der Waals surface area contributed by atoms with Crippen LogP contribution in [0.1, 0.15) is 19.3 Å². The molecule has 4 heteroatoms. The summed E-state index contributed by atoms with van der Waals surface area (Å²) in [5.74, 6) is 0. The Morgan fingerprint density at radius 3 is 2.92 bits per heavy atom. The Bertz CT molecular complexity index is 235. The molecule has 0 bridgehead atoms. The monoisotopic (exact) mass is 293 g/mol. The van der Waals surface area contributed by atoms with Gasteiger partial charge in [0.15, 0.2) is 0 Å². The van der Waals surface area contributed by atoms with Crippen molar-refractivity contribution >= 4 is 22.6 Å². The summed E-state index contributed by atoms with van der Waals surface area (Å²) < 4.78 is 3.23. The number of halogens is 1. The maximum absolute atomic E-state index is 4.23. The largest absolute Gasteiger partial charge is 0.320 e. The Labute approximate surface area is 93.0 Å². The van der Waals surface area contributed by atoms with E-state index >= 15 is 0 Å². The molecule has 1 N–H and O–H groups in total. The summed E-state index contributed by atoms with van der Waals surface area (Å²) in [7, 11) is 2.00.